The van der Waals surface area contributed by atoms with E-state index >= 15 is 0 Å². The van der Waals surface area contributed by atoms with Crippen LogP contribution in [-0.4, -0.2) is 23.1 Å². The van der Waals surface area contributed by atoms with Crippen molar-refractivity contribution in [2.24, 2.45) is 0 Å². The minimum absolute atomic E-state index is 0.376. The van der Waals surface area contributed by atoms with E-state index in [9.17, 15) is 5.11 Å². The first-order valence-electron chi connectivity index (χ1n) is 7.06. The Hall–Kier alpha value is -2.06. The van der Waals surface area contributed by atoms with Crippen molar-refractivity contribution in [3.05, 3.63) is 71.3 Å². The first kappa shape index (κ1) is 12.9. The largest absolute Gasteiger partial charge is 0.508 e. The maximum Gasteiger partial charge on any atom is 0.115 e. The third-order valence-corrected chi connectivity index (χ3v) is 3.75. The Labute approximate surface area is 120 Å². The Morgan fingerprint density at radius 3 is 2.75 bits per heavy atom. The van der Waals surface area contributed by atoms with Gasteiger partial charge >= 0.3 is 0 Å². The van der Waals surface area contributed by atoms with E-state index in [1.807, 2.05) is 18.2 Å². The highest BCUT2D eigenvalue weighted by Crippen LogP contribution is 2.22. The molecule has 3 rings (SSSR count). The summed E-state index contributed by atoms with van der Waals surface area (Å²) < 4.78 is 0. The van der Waals surface area contributed by atoms with E-state index in [-0.39, 0.29) is 0 Å². The second kappa shape index (κ2) is 5.93. The standard InChI is InChI=1S/C18H19NO/c20-18-9-8-17-14-19(12-10-16(17)13-18)11-4-7-15-5-2-1-3-6-15/h1-9,13,20H,10-12,14H2/b7-4+. The number of benzene rings is 2. The van der Waals surface area contributed by atoms with E-state index in [1.54, 1.807) is 6.07 Å². The smallest absolute Gasteiger partial charge is 0.115 e. The molecule has 102 valence electrons. The van der Waals surface area contributed by atoms with Crippen molar-refractivity contribution in [1.82, 2.24) is 4.90 Å². The number of hydrogen-bond donors (Lipinski definition) is 1. The summed E-state index contributed by atoms with van der Waals surface area (Å²) in [5, 5.41) is 9.50. The molecule has 1 aliphatic heterocycles. The van der Waals surface area contributed by atoms with Crippen molar-refractivity contribution in [1.29, 1.82) is 0 Å². The number of aromatic hydroxyl groups is 1. The lowest BCUT2D eigenvalue weighted by Crippen LogP contribution is -2.30. The van der Waals surface area contributed by atoms with Crippen LogP contribution in [0.1, 0.15) is 16.7 Å². The molecule has 0 radical (unpaired) electrons. The Morgan fingerprint density at radius 2 is 1.90 bits per heavy atom. The number of phenolic OH excluding ortho intramolecular Hbond substituents is 1. The van der Waals surface area contributed by atoms with Crippen molar-refractivity contribution >= 4 is 6.08 Å². The molecule has 0 fully saturated rings. The summed E-state index contributed by atoms with van der Waals surface area (Å²) in [6.45, 7) is 2.99. The van der Waals surface area contributed by atoms with Crippen molar-refractivity contribution in [2.75, 3.05) is 13.1 Å². The molecule has 0 atom stereocenters. The quantitative estimate of drug-likeness (QED) is 0.918. The van der Waals surface area contributed by atoms with Gasteiger partial charge in [0.2, 0.25) is 0 Å². The highest BCUT2D eigenvalue weighted by molar-refractivity contribution is 5.48. The van der Waals surface area contributed by atoms with Gasteiger partial charge in [-0.05, 0) is 35.2 Å². The molecule has 1 aliphatic rings. The second-order valence-electron chi connectivity index (χ2n) is 5.25. The predicted octanol–water partition coefficient (Wildman–Crippen LogP) is 3.46. The highest BCUT2D eigenvalue weighted by atomic mass is 16.3. The Bertz CT molecular complexity index is 604. The van der Waals surface area contributed by atoms with Gasteiger partial charge in [0, 0.05) is 19.6 Å². The Kier molecular flexibility index (Phi) is 3.84. The lowest BCUT2D eigenvalue weighted by Gasteiger charge is -2.27. The zero-order valence-corrected chi connectivity index (χ0v) is 11.5. The maximum atomic E-state index is 9.50. The van der Waals surface area contributed by atoms with Crippen LogP contribution < -0.4 is 0 Å². The van der Waals surface area contributed by atoms with Gasteiger partial charge in [0.1, 0.15) is 5.75 Å². The second-order valence-corrected chi connectivity index (χ2v) is 5.25. The molecule has 0 bridgehead atoms. The minimum atomic E-state index is 0.376. The first-order valence-corrected chi connectivity index (χ1v) is 7.06. The van der Waals surface area contributed by atoms with Gasteiger partial charge < -0.3 is 5.11 Å². The summed E-state index contributed by atoms with van der Waals surface area (Å²) in [6.07, 6.45) is 5.41. The predicted molar refractivity (Wildman–Crippen MR) is 82.6 cm³/mol. The van der Waals surface area contributed by atoms with Crippen molar-refractivity contribution in [3.63, 3.8) is 0 Å². The van der Waals surface area contributed by atoms with Crippen LogP contribution in [0.2, 0.25) is 0 Å². The summed E-state index contributed by atoms with van der Waals surface area (Å²) >= 11 is 0. The van der Waals surface area contributed by atoms with E-state index < -0.39 is 0 Å². The lowest BCUT2D eigenvalue weighted by molar-refractivity contribution is 0.282. The number of rotatable bonds is 3. The van der Waals surface area contributed by atoms with Crippen LogP contribution >= 0.6 is 0 Å². The fourth-order valence-corrected chi connectivity index (χ4v) is 2.66. The third-order valence-electron chi connectivity index (χ3n) is 3.75. The zero-order chi connectivity index (χ0) is 13.8. The van der Waals surface area contributed by atoms with Crippen LogP contribution in [-0.2, 0) is 13.0 Å². The number of phenols is 1. The van der Waals surface area contributed by atoms with E-state index in [1.165, 1.54) is 16.7 Å². The summed E-state index contributed by atoms with van der Waals surface area (Å²) in [5.41, 5.74) is 3.87. The van der Waals surface area contributed by atoms with Gasteiger partial charge in [0.15, 0.2) is 0 Å². The number of nitrogens with zero attached hydrogens (tertiary/aromatic N) is 1. The average molecular weight is 265 g/mol. The summed E-state index contributed by atoms with van der Waals surface area (Å²) in [4.78, 5) is 2.43. The van der Waals surface area contributed by atoms with E-state index in [4.69, 9.17) is 0 Å². The third kappa shape index (κ3) is 3.09. The van der Waals surface area contributed by atoms with Crippen molar-refractivity contribution in [3.8, 4) is 5.75 Å². The van der Waals surface area contributed by atoms with Gasteiger partial charge in [-0.1, -0.05) is 48.6 Å². The highest BCUT2D eigenvalue weighted by Gasteiger charge is 2.15. The molecule has 0 aliphatic carbocycles. The Balaban J connectivity index is 1.61. The molecule has 20 heavy (non-hydrogen) atoms. The number of hydrogen-bond acceptors (Lipinski definition) is 2. The van der Waals surface area contributed by atoms with Gasteiger partial charge in [-0.3, -0.25) is 4.90 Å². The molecule has 2 heteroatoms. The first-order chi connectivity index (χ1) is 9.81. The fourth-order valence-electron chi connectivity index (χ4n) is 2.66. The van der Waals surface area contributed by atoms with E-state index in [0.717, 1.165) is 26.1 Å². The van der Waals surface area contributed by atoms with Crippen LogP contribution in [0.3, 0.4) is 0 Å². The monoisotopic (exact) mass is 265 g/mol. The average Bonchev–Trinajstić information content (AvgIpc) is 2.48. The minimum Gasteiger partial charge on any atom is -0.508 e. The normalized spacial score (nSPS) is 15.4. The number of fused-ring (bicyclic) bond motifs is 1. The van der Waals surface area contributed by atoms with Crippen LogP contribution in [0.25, 0.3) is 6.08 Å². The summed E-state index contributed by atoms with van der Waals surface area (Å²) in [5.74, 6) is 0.376. The summed E-state index contributed by atoms with van der Waals surface area (Å²) in [7, 11) is 0. The molecule has 0 amide bonds. The van der Waals surface area contributed by atoms with Gasteiger partial charge in [0.25, 0.3) is 0 Å². The van der Waals surface area contributed by atoms with Gasteiger partial charge in [0.05, 0.1) is 0 Å². The molecule has 2 aromatic carbocycles. The van der Waals surface area contributed by atoms with E-state index in [0.29, 0.717) is 5.75 Å². The van der Waals surface area contributed by atoms with Crippen LogP contribution in [0, 0.1) is 0 Å². The molecule has 2 aromatic rings. The molecule has 0 spiro atoms. The van der Waals surface area contributed by atoms with Gasteiger partial charge in [-0.15, -0.1) is 0 Å². The SMILES string of the molecule is Oc1ccc2c(c1)CCN(C/C=C/c1ccccc1)C2. The maximum absolute atomic E-state index is 9.50. The topological polar surface area (TPSA) is 23.5 Å². The fraction of sp³-hybridized carbons (Fsp3) is 0.222. The van der Waals surface area contributed by atoms with Gasteiger partial charge in [-0.2, -0.15) is 0 Å². The summed E-state index contributed by atoms with van der Waals surface area (Å²) in [6, 6.07) is 16.1. The van der Waals surface area contributed by atoms with Crippen molar-refractivity contribution in [2.45, 2.75) is 13.0 Å². The molecule has 1 N–H and O–H groups in total. The van der Waals surface area contributed by atoms with E-state index in [2.05, 4.69) is 41.3 Å². The Morgan fingerprint density at radius 1 is 1.05 bits per heavy atom. The molecular weight excluding hydrogens is 246 g/mol. The molecular formula is C18H19NO. The molecule has 1 heterocycles. The van der Waals surface area contributed by atoms with Gasteiger partial charge in [-0.25, -0.2) is 0 Å². The molecule has 0 saturated carbocycles. The van der Waals surface area contributed by atoms with Crippen molar-refractivity contribution < 1.29 is 5.11 Å². The molecule has 2 nitrogen and oxygen atoms in total. The van der Waals surface area contributed by atoms with Crippen LogP contribution in [0.15, 0.2) is 54.6 Å². The molecule has 0 aromatic heterocycles. The molecule has 0 unspecified atom stereocenters. The van der Waals surface area contributed by atoms with Crippen LogP contribution in [0.5, 0.6) is 5.75 Å². The van der Waals surface area contributed by atoms with Crippen LogP contribution in [0.4, 0.5) is 0 Å². The zero-order valence-electron chi connectivity index (χ0n) is 11.5. The molecule has 0 saturated heterocycles. The lowest BCUT2D eigenvalue weighted by atomic mass is 9.99.